The van der Waals surface area contributed by atoms with E-state index >= 15 is 0 Å². The highest BCUT2D eigenvalue weighted by Gasteiger charge is 2.30. The Morgan fingerprint density at radius 3 is 2.93 bits per heavy atom. The van der Waals surface area contributed by atoms with Crippen LogP contribution in [-0.4, -0.2) is 64.0 Å². The minimum absolute atomic E-state index is 0.00304. The van der Waals surface area contributed by atoms with Gasteiger partial charge in [0, 0.05) is 37.1 Å². The van der Waals surface area contributed by atoms with Crippen molar-refractivity contribution in [3.8, 4) is 5.75 Å². The summed E-state index contributed by atoms with van der Waals surface area (Å²) in [5.41, 5.74) is 0.466. The molecule has 1 saturated heterocycles. The molecule has 4 heterocycles. The number of hydrogen-bond acceptors (Lipinski definition) is 9. The number of carbonyl (C=O) groups is 1. The highest BCUT2D eigenvalue weighted by atomic mass is 16.5. The Morgan fingerprint density at radius 2 is 2.17 bits per heavy atom. The van der Waals surface area contributed by atoms with Crippen LogP contribution in [0.2, 0.25) is 0 Å². The van der Waals surface area contributed by atoms with Gasteiger partial charge in [-0.25, -0.2) is 9.50 Å². The molecular weight excluding hydrogens is 392 g/mol. The molecular formula is C20H22N4O6. The highest BCUT2D eigenvalue weighted by Crippen LogP contribution is 2.35. The van der Waals surface area contributed by atoms with Gasteiger partial charge in [-0.2, -0.15) is 5.10 Å². The average Bonchev–Trinajstić information content (AvgIpc) is 3.19. The van der Waals surface area contributed by atoms with Gasteiger partial charge in [-0.3, -0.25) is 14.5 Å². The van der Waals surface area contributed by atoms with Gasteiger partial charge in [-0.05, 0) is 6.07 Å². The largest absolute Gasteiger partial charge is 0.502 e. The first-order chi connectivity index (χ1) is 14.6. The Bertz CT molecular complexity index is 1100. The fraction of sp³-hybridized carbons (Fsp3) is 0.400. The van der Waals surface area contributed by atoms with Gasteiger partial charge in [-0.1, -0.05) is 0 Å². The predicted molar refractivity (Wildman–Crippen MR) is 104 cm³/mol. The van der Waals surface area contributed by atoms with E-state index in [0.717, 1.165) is 0 Å². The molecule has 0 aliphatic carbocycles. The smallest absolute Gasteiger partial charge is 0.306 e. The van der Waals surface area contributed by atoms with Crippen molar-refractivity contribution in [3.05, 3.63) is 58.0 Å². The third-order valence-electron chi connectivity index (χ3n) is 5.08. The van der Waals surface area contributed by atoms with E-state index < -0.39 is 23.1 Å². The number of fused-ring (bicyclic) bond motifs is 1. The standard InChI is InChI=1S/C20H22N4O6/c1-28-17(26)10-14(15-11-22-24-4-2-3-21-20(15)24)19-18(27)16(25)9-13(30-19)12-23-5-7-29-8-6-23/h2-4,9,11,14,27H,5-8,10,12H2,1H3/t14-/m1/s1. The molecule has 0 radical (unpaired) electrons. The molecule has 158 valence electrons. The van der Waals surface area contributed by atoms with E-state index in [4.69, 9.17) is 13.9 Å². The maximum absolute atomic E-state index is 12.5. The SMILES string of the molecule is COC(=O)C[C@@H](c1oc(CN2CCOCC2)cc(=O)c1O)c1cnn2cccnc12. The molecule has 0 saturated carbocycles. The van der Waals surface area contributed by atoms with E-state index in [-0.39, 0.29) is 12.2 Å². The molecule has 4 rings (SSSR count). The topological polar surface area (TPSA) is 119 Å². The second-order valence-corrected chi connectivity index (χ2v) is 7.00. The zero-order chi connectivity index (χ0) is 21.1. The lowest BCUT2D eigenvalue weighted by molar-refractivity contribution is -0.140. The van der Waals surface area contributed by atoms with Gasteiger partial charge < -0.3 is 19.0 Å². The van der Waals surface area contributed by atoms with Crippen molar-refractivity contribution in [2.24, 2.45) is 0 Å². The molecule has 0 spiro atoms. The molecule has 3 aromatic rings. The van der Waals surface area contributed by atoms with Crippen molar-refractivity contribution in [3.63, 3.8) is 0 Å². The summed E-state index contributed by atoms with van der Waals surface area (Å²) in [6.45, 7) is 3.03. The lowest BCUT2D eigenvalue weighted by Crippen LogP contribution is -2.35. The molecule has 0 aromatic carbocycles. The van der Waals surface area contributed by atoms with Crippen molar-refractivity contribution in [2.45, 2.75) is 18.9 Å². The number of nitrogens with zero attached hydrogens (tertiary/aromatic N) is 4. The quantitative estimate of drug-likeness (QED) is 0.587. The summed E-state index contributed by atoms with van der Waals surface area (Å²) < 4.78 is 17.7. The van der Waals surface area contributed by atoms with Gasteiger partial charge in [0.2, 0.25) is 11.2 Å². The van der Waals surface area contributed by atoms with Crippen LogP contribution in [0.4, 0.5) is 0 Å². The van der Waals surface area contributed by atoms with E-state index in [2.05, 4.69) is 15.0 Å². The minimum atomic E-state index is -0.790. The Balaban J connectivity index is 1.77. The Labute approximate surface area is 171 Å². The lowest BCUT2D eigenvalue weighted by atomic mass is 9.94. The van der Waals surface area contributed by atoms with Crippen LogP contribution in [0.15, 0.2) is 39.9 Å². The van der Waals surface area contributed by atoms with Crippen molar-refractivity contribution in [2.75, 3.05) is 33.4 Å². The van der Waals surface area contributed by atoms with Crippen molar-refractivity contribution < 1.29 is 23.8 Å². The summed E-state index contributed by atoms with van der Waals surface area (Å²) >= 11 is 0. The molecule has 1 fully saturated rings. The molecule has 3 aromatic heterocycles. The van der Waals surface area contributed by atoms with Crippen molar-refractivity contribution in [1.82, 2.24) is 19.5 Å². The van der Waals surface area contributed by atoms with Crippen LogP contribution in [0.5, 0.6) is 5.75 Å². The maximum Gasteiger partial charge on any atom is 0.306 e. The summed E-state index contributed by atoms with van der Waals surface area (Å²) in [4.78, 5) is 31.0. The molecule has 1 atom stereocenters. The molecule has 10 nitrogen and oxygen atoms in total. The fourth-order valence-corrected chi connectivity index (χ4v) is 3.53. The van der Waals surface area contributed by atoms with Gasteiger partial charge in [-0.15, -0.1) is 0 Å². The summed E-state index contributed by atoms with van der Waals surface area (Å²) in [6, 6.07) is 3.00. The van der Waals surface area contributed by atoms with Crippen LogP contribution in [-0.2, 0) is 20.8 Å². The first-order valence-electron chi connectivity index (χ1n) is 9.58. The molecule has 30 heavy (non-hydrogen) atoms. The molecule has 10 heteroatoms. The molecule has 0 unspecified atom stereocenters. The lowest BCUT2D eigenvalue weighted by Gasteiger charge is -2.26. The predicted octanol–water partition coefficient (Wildman–Crippen LogP) is 0.915. The minimum Gasteiger partial charge on any atom is -0.502 e. The summed E-state index contributed by atoms with van der Waals surface area (Å²) in [5, 5.41) is 14.8. The van der Waals surface area contributed by atoms with Crippen LogP contribution in [0.25, 0.3) is 5.65 Å². The first-order valence-corrected chi connectivity index (χ1v) is 9.58. The number of aromatic nitrogens is 3. The Kier molecular flexibility index (Phi) is 5.77. The number of rotatable bonds is 6. The van der Waals surface area contributed by atoms with E-state index in [1.54, 1.807) is 29.2 Å². The van der Waals surface area contributed by atoms with E-state index in [9.17, 15) is 14.7 Å². The number of hydrogen-bond donors (Lipinski definition) is 1. The van der Waals surface area contributed by atoms with Gasteiger partial charge in [0.15, 0.2) is 11.4 Å². The van der Waals surface area contributed by atoms with Crippen LogP contribution in [0.1, 0.15) is 29.4 Å². The summed E-state index contributed by atoms with van der Waals surface area (Å²) in [5.74, 6) is -1.45. The van der Waals surface area contributed by atoms with Crippen molar-refractivity contribution in [1.29, 1.82) is 0 Å². The number of morpholine rings is 1. The molecule has 0 bridgehead atoms. The zero-order valence-corrected chi connectivity index (χ0v) is 16.5. The normalized spacial score (nSPS) is 15.9. The Hall–Kier alpha value is -3.24. The Morgan fingerprint density at radius 1 is 1.37 bits per heavy atom. The van der Waals surface area contributed by atoms with Crippen LogP contribution in [0.3, 0.4) is 0 Å². The van der Waals surface area contributed by atoms with Crippen molar-refractivity contribution >= 4 is 11.6 Å². The number of aromatic hydroxyl groups is 1. The second kappa shape index (κ2) is 8.64. The van der Waals surface area contributed by atoms with Gasteiger partial charge in [0.1, 0.15) is 5.76 Å². The van der Waals surface area contributed by atoms with E-state index in [1.165, 1.54) is 13.2 Å². The second-order valence-electron chi connectivity index (χ2n) is 7.00. The summed E-state index contributed by atoms with van der Waals surface area (Å²) in [7, 11) is 1.28. The third kappa shape index (κ3) is 4.05. The maximum atomic E-state index is 12.5. The van der Waals surface area contributed by atoms with Gasteiger partial charge in [0.05, 0.1) is 45.4 Å². The third-order valence-corrected chi connectivity index (χ3v) is 5.08. The highest BCUT2D eigenvalue weighted by molar-refractivity contribution is 5.72. The van der Waals surface area contributed by atoms with Crippen LogP contribution < -0.4 is 5.43 Å². The van der Waals surface area contributed by atoms with Gasteiger partial charge in [0.25, 0.3) is 0 Å². The van der Waals surface area contributed by atoms with E-state index in [0.29, 0.717) is 49.8 Å². The molecule has 1 aliphatic rings. The monoisotopic (exact) mass is 414 g/mol. The summed E-state index contributed by atoms with van der Waals surface area (Å²) in [6.07, 6.45) is 4.71. The zero-order valence-electron chi connectivity index (χ0n) is 16.5. The molecule has 1 N–H and O–H groups in total. The fourth-order valence-electron chi connectivity index (χ4n) is 3.53. The van der Waals surface area contributed by atoms with E-state index in [1.807, 2.05) is 0 Å². The average molecular weight is 414 g/mol. The van der Waals surface area contributed by atoms with Gasteiger partial charge >= 0.3 is 5.97 Å². The molecule has 1 aliphatic heterocycles. The number of carbonyl (C=O) groups excluding carboxylic acids is 1. The van der Waals surface area contributed by atoms with Crippen LogP contribution in [0, 0.1) is 0 Å². The first kappa shape index (κ1) is 20.0. The van der Waals surface area contributed by atoms with Crippen LogP contribution >= 0.6 is 0 Å². The number of ether oxygens (including phenoxy) is 2. The number of esters is 1. The number of methoxy groups -OCH3 is 1. The molecule has 0 amide bonds.